The summed E-state index contributed by atoms with van der Waals surface area (Å²) in [5, 5.41) is 11.9. The molecule has 0 aliphatic rings. The molecule has 0 atom stereocenters. The number of hydrogen-bond donors (Lipinski definition) is 1. The lowest BCUT2D eigenvalue weighted by Gasteiger charge is -2.09. The van der Waals surface area contributed by atoms with Gasteiger partial charge in [0.25, 0.3) is 5.91 Å². The second kappa shape index (κ2) is 8.83. The highest BCUT2D eigenvalue weighted by Crippen LogP contribution is 2.26. The van der Waals surface area contributed by atoms with Gasteiger partial charge in [-0.05, 0) is 51.8 Å². The van der Waals surface area contributed by atoms with E-state index in [1.807, 2.05) is 6.07 Å². The molecule has 0 unspecified atom stereocenters. The first-order valence-electron chi connectivity index (χ1n) is 7.44. The van der Waals surface area contributed by atoms with Crippen molar-refractivity contribution in [2.75, 3.05) is 19.5 Å². The van der Waals surface area contributed by atoms with Gasteiger partial charge in [-0.2, -0.15) is 5.26 Å². The molecule has 2 rings (SSSR count). The Morgan fingerprint density at radius 2 is 1.92 bits per heavy atom. The summed E-state index contributed by atoms with van der Waals surface area (Å²) in [7, 11) is 2.80. The van der Waals surface area contributed by atoms with E-state index in [-0.39, 0.29) is 16.8 Å². The normalized spacial score (nSPS) is 10.6. The number of para-hydroxylation sites is 1. The van der Waals surface area contributed by atoms with E-state index in [0.29, 0.717) is 15.8 Å². The summed E-state index contributed by atoms with van der Waals surface area (Å²) in [6, 6.07) is 13.4. The maximum Gasteiger partial charge on any atom is 0.339 e. The van der Waals surface area contributed by atoms with Crippen molar-refractivity contribution in [2.45, 2.75) is 0 Å². The fraction of sp³-hybridized carbons (Fsp3) is 0.105. The minimum Gasteiger partial charge on any atom is -0.496 e. The highest BCUT2D eigenvalue weighted by atomic mass is 79.9. The fourth-order valence-electron chi connectivity index (χ4n) is 2.16. The monoisotopic (exact) mass is 414 g/mol. The Kier molecular flexibility index (Phi) is 6.53. The molecule has 0 aliphatic heterocycles. The maximum absolute atomic E-state index is 12.4. The average Bonchev–Trinajstić information content (AvgIpc) is 2.66. The van der Waals surface area contributed by atoms with Crippen LogP contribution in [0.5, 0.6) is 5.75 Å². The Balaban J connectivity index is 2.29. The zero-order valence-electron chi connectivity index (χ0n) is 14.1. The lowest BCUT2D eigenvalue weighted by molar-refractivity contribution is -0.112. The number of anilines is 1. The van der Waals surface area contributed by atoms with Crippen LogP contribution in [0.25, 0.3) is 6.08 Å². The van der Waals surface area contributed by atoms with Crippen molar-refractivity contribution in [3.05, 3.63) is 63.6 Å². The lowest BCUT2D eigenvalue weighted by Crippen LogP contribution is -2.16. The number of esters is 1. The number of methoxy groups -OCH3 is 2. The Hall–Kier alpha value is -3.11. The highest BCUT2D eigenvalue weighted by Gasteiger charge is 2.16. The van der Waals surface area contributed by atoms with Gasteiger partial charge in [0.1, 0.15) is 17.4 Å². The van der Waals surface area contributed by atoms with Gasteiger partial charge >= 0.3 is 5.97 Å². The zero-order valence-corrected chi connectivity index (χ0v) is 15.7. The first-order chi connectivity index (χ1) is 12.5. The molecule has 0 saturated heterocycles. The van der Waals surface area contributed by atoms with Crippen LogP contribution in [0.3, 0.4) is 0 Å². The van der Waals surface area contributed by atoms with Crippen LogP contribution >= 0.6 is 15.9 Å². The summed E-state index contributed by atoms with van der Waals surface area (Å²) in [4.78, 5) is 24.2. The van der Waals surface area contributed by atoms with Crippen LogP contribution in [0.1, 0.15) is 15.9 Å². The van der Waals surface area contributed by atoms with Crippen LogP contribution in [0, 0.1) is 11.3 Å². The molecule has 0 bridgehead atoms. The molecule has 0 heterocycles. The summed E-state index contributed by atoms with van der Waals surface area (Å²) < 4.78 is 10.5. The predicted molar refractivity (Wildman–Crippen MR) is 101 cm³/mol. The second-order valence-electron chi connectivity index (χ2n) is 5.06. The molecule has 2 aromatic rings. The van der Waals surface area contributed by atoms with Crippen LogP contribution in [0.15, 0.2) is 52.5 Å². The molecule has 7 heteroatoms. The van der Waals surface area contributed by atoms with Gasteiger partial charge in [0.15, 0.2) is 0 Å². The predicted octanol–water partition coefficient (Wildman–Crippen LogP) is 3.79. The Morgan fingerprint density at radius 1 is 1.19 bits per heavy atom. The van der Waals surface area contributed by atoms with Gasteiger partial charge in [-0.1, -0.05) is 18.2 Å². The van der Waals surface area contributed by atoms with Crippen molar-refractivity contribution < 1.29 is 19.1 Å². The molecule has 1 amide bonds. The number of nitrogens with zero attached hydrogens (tertiary/aromatic N) is 1. The van der Waals surface area contributed by atoms with Gasteiger partial charge in [-0.25, -0.2) is 4.79 Å². The van der Waals surface area contributed by atoms with E-state index in [2.05, 4.69) is 26.0 Å². The third-order valence-corrected chi connectivity index (χ3v) is 4.05. The summed E-state index contributed by atoms with van der Waals surface area (Å²) >= 11 is 3.35. The molecule has 0 spiro atoms. The fourth-order valence-corrected chi connectivity index (χ4v) is 2.72. The van der Waals surface area contributed by atoms with E-state index in [0.717, 1.165) is 0 Å². The number of nitrogens with one attached hydrogen (secondary N) is 1. The summed E-state index contributed by atoms with van der Waals surface area (Å²) in [5.41, 5.74) is 1.00. The van der Waals surface area contributed by atoms with E-state index in [1.165, 1.54) is 19.3 Å². The standard InChI is InChI=1S/C19H15BrN2O4/c1-25-17-8-7-12(10-15(17)20)9-13(11-21)18(23)22-16-6-4-3-5-14(16)19(24)26-2/h3-10H,1-2H3,(H,22,23)/b13-9-. The summed E-state index contributed by atoms with van der Waals surface area (Å²) in [6.45, 7) is 0. The lowest BCUT2D eigenvalue weighted by atomic mass is 10.1. The van der Waals surface area contributed by atoms with Gasteiger partial charge in [-0.3, -0.25) is 4.79 Å². The molecular weight excluding hydrogens is 400 g/mol. The van der Waals surface area contributed by atoms with E-state index < -0.39 is 11.9 Å². The van der Waals surface area contributed by atoms with E-state index in [9.17, 15) is 14.9 Å². The van der Waals surface area contributed by atoms with Crippen LogP contribution in [0.4, 0.5) is 5.69 Å². The second-order valence-corrected chi connectivity index (χ2v) is 5.91. The van der Waals surface area contributed by atoms with Crippen molar-refractivity contribution in [3.8, 4) is 11.8 Å². The highest BCUT2D eigenvalue weighted by molar-refractivity contribution is 9.10. The molecule has 132 valence electrons. The van der Waals surface area contributed by atoms with Crippen LogP contribution in [-0.2, 0) is 9.53 Å². The van der Waals surface area contributed by atoms with Crippen molar-refractivity contribution in [2.24, 2.45) is 0 Å². The summed E-state index contributed by atoms with van der Waals surface area (Å²) in [6.07, 6.45) is 1.44. The number of carbonyl (C=O) groups is 2. The number of benzene rings is 2. The minimum absolute atomic E-state index is 0.110. The van der Waals surface area contributed by atoms with E-state index >= 15 is 0 Å². The van der Waals surface area contributed by atoms with Crippen molar-refractivity contribution >= 4 is 39.6 Å². The van der Waals surface area contributed by atoms with Crippen molar-refractivity contribution in [1.29, 1.82) is 5.26 Å². The molecule has 0 aliphatic carbocycles. The molecular formula is C19H15BrN2O4. The maximum atomic E-state index is 12.4. The number of halogens is 1. The van der Waals surface area contributed by atoms with Crippen molar-refractivity contribution in [3.63, 3.8) is 0 Å². The Morgan fingerprint density at radius 3 is 2.54 bits per heavy atom. The zero-order chi connectivity index (χ0) is 19.1. The first kappa shape index (κ1) is 19.2. The van der Waals surface area contributed by atoms with Gasteiger partial charge in [0, 0.05) is 0 Å². The third-order valence-electron chi connectivity index (χ3n) is 3.43. The van der Waals surface area contributed by atoms with Gasteiger partial charge < -0.3 is 14.8 Å². The smallest absolute Gasteiger partial charge is 0.339 e. The SMILES string of the molecule is COC(=O)c1ccccc1NC(=O)/C(C#N)=C\c1ccc(OC)c(Br)c1. The Bertz CT molecular complexity index is 916. The number of rotatable bonds is 5. The average molecular weight is 415 g/mol. The molecule has 0 saturated carbocycles. The number of amides is 1. The number of nitriles is 1. The molecule has 26 heavy (non-hydrogen) atoms. The van der Waals surface area contributed by atoms with Gasteiger partial charge in [0.2, 0.25) is 0 Å². The quantitative estimate of drug-likeness (QED) is 0.456. The minimum atomic E-state index is -0.629. The van der Waals surface area contributed by atoms with Crippen LogP contribution < -0.4 is 10.1 Å². The largest absolute Gasteiger partial charge is 0.496 e. The Labute approximate surface area is 159 Å². The van der Waals surface area contributed by atoms with E-state index in [4.69, 9.17) is 4.74 Å². The van der Waals surface area contributed by atoms with E-state index in [1.54, 1.807) is 43.5 Å². The first-order valence-corrected chi connectivity index (χ1v) is 8.23. The number of carbonyl (C=O) groups excluding carboxylic acids is 2. The van der Waals surface area contributed by atoms with Gasteiger partial charge in [-0.15, -0.1) is 0 Å². The van der Waals surface area contributed by atoms with Crippen LogP contribution in [-0.4, -0.2) is 26.1 Å². The molecule has 1 N–H and O–H groups in total. The molecule has 0 aromatic heterocycles. The van der Waals surface area contributed by atoms with Crippen molar-refractivity contribution in [1.82, 2.24) is 0 Å². The summed E-state index contributed by atoms with van der Waals surface area (Å²) in [5.74, 6) is -0.574. The molecule has 0 radical (unpaired) electrons. The molecule has 0 fully saturated rings. The topological polar surface area (TPSA) is 88.4 Å². The molecule has 2 aromatic carbocycles. The van der Waals surface area contributed by atoms with Crippen LogP contribution in [0.2, 0.25) is 0 Å². The number of hydrogen-bond acceptors (Lipinski definition) is 5. The molecule has 6 nitrogen and oxygen atoms in total. The number of ether oxygens (including phenoxy) is 2. The van der Waals surface area contributed by atoms with Gasteiger partial charge in [0.05, 0.1) is 29.9 Å². The third kappa shape index (κ3) is 4.49.